The highest BCUT2D eigenvalue weighted by Crippen LogP contribution is 2.31. The predicted molar refractivity (Wildman–Crippen MR) is 95.6 cm³/mol. The van der Waals surface area contributed by atoms with Crippen molar-refractivity contribution in [1.82, 2.24) is 4.98 Å². The largest absolute Gasteiger partial charge is 0.307 e. The maximum Gasteiger partial charge on any atom is 0.283 e. The van der Waals surface area contributed by atoms with Crippen LogP contribution in [0, 0.1) is 23.0 Å². The van der Waals surface area contributed by atoms with Gasteiger partial charge in [0.15, 0.2) is 0 Å². The van der Waals surface area contributed by atoms with Gasteiger partial charge in [0.25, 0.3) is 11.6 Å². The summed E-state index contributed by atoms with van der Waals surface area (Å²) in [5, 5.41) is 13.9. The van der Waals surface area contributed by atoms with Crippen molar-refractivity contribution in [2.45, 2.75) is 25.7 Å². The van der Waals surface area contributed by atoms with Crippen molar-refractivity contribution in [3.63, 3.8) is 0 Å². The molecule has 6 nitrogen and oxygen atoms in total. The Hall–Kier alpha value is -2.41. The summed E-state index contributed by atoms with van der Waals surface area (Å²) >= 11 is 1.42. The van der Waals surface area contributed by atoms with Gasteiger partial charge in [0, 0.05) is 23.1 Å². The normalized spacial score (nSPS) is 10.7. The van der Waals surface area contributed by atoms with Crippen LogP contribution in [0.2, 0.25) is 0 Å². The average molecular weight is 345 g/mol. The molecule has 1 N–H and O–H groups in total. The van der Waals surface area contributed by atoms with Crippen LogP contribution in [0.25, 0.3) is 0 Å². The lowest BCUT2D eigenvalue weighted by atomic mass is 10.2. The zero-order valence-electron chi connectivity index (χ0n) is 13.8. The fourth-order valence-corrected chi connectivity index (χ4v) is 2.94. The average Bonchev–Trinajstić information content (AvgIpc) is 2.52. The molecule has 0 unspecified atom stereocenters. The second kappa shape index (κ2) is 7.92. The lowest BCUT2D eigenvalue weighted by Gasteiger charge is -2.08. The molecule has 0 bridgehead atoms. The highest BCUT2D eigenvalue weighted by atomic mass is 32.2. The number of anilines is 1. The number of hydrogen-bond donors (Lipinski definition) is 1. The fraction of sp³-hybridized carbons (Fsp3) is 0.294. The first-order chi connectivity index (χ1) is 11.4. The van der Waals surface area contributed by atoms with Gasteiger partial charge < -0.3 is 5.32 Å². The van der Waals surface area contributed by atoms with E-state index in [9.17, 15) is 14.9 Å². The number of pyridine rings is 1. The van der Waals surface area contributed by atoms with Gasteiger partial charge in [-0.2, -0.15) is 0 Å². The number of thioether (sulfide) groups is 1. The summed E-state index contributed by atoms with van der Waals surface area (Å²) in [4.78, 5) is 27.9. The van der Waals surface area contributed by atoms with Crippen molar-refractivity contribution in [3.8, 4) is 0 Å². The fourth-order valence-electron chi connectivity index (χ4n) is 1.98. The third kappa shape index (κ3) is 4.79. The molecule has 1 aromatic heterocycles. The molecule has 24 heavy (non-hydrogen) atoms. The van der Waals surface area contributed by atoms with E-state index in [1.165, 1.54) is 17.8 Å². The van der Waals surface area contributed by atoms with Gasteiger partial charge in [-0.1, -0.05) is 19.9 Å². The Kier molecular flexibility index (Phi) is 5.92. The summed E-state index contributed by atoms with van der Waals surface area (Å²) in [5.41, 5.74) is 0.962. The number of rotatable bonds is 6. The number of carbonyl (C=O) groups is 1. The van der Waals surface area contributed by atoms with Crippen LogP contribution < -0.4 is 5.32 Å². The monoisotopic (exact) mass is 345 g/mol. The van der Waals surface area contributed by atoms with Crippen molar-refractivity contribution < 1.29 is 9.72 Å². The summed E-state index contributed by atoms with van der Waals surface area (Å²) in [5.74, 6) is 1.20. The van der Waals surface area contributed by atoms with Crippen molar-refractivity contribution in [3.05, 3.63) is 57.8 Å². The first-order valence-corrected chi connectivity index (χ1v) is 8.51. The summed E-state index contributed by atoms with van der Waals surface area (Å²) < 4.78 is 0. The maximum atomic E-state index is 12.3. The molecule has 0 aliphatic carbocycles. The minimum Gasteiger partial charge on any atom is -0.307 e. The van der Waals surface area contributed by atoms with Gasteiger partial charge in [-0.25, -0.2) is 4.98 Å². The Bertz CT molecular complexity index is 762. The summed E-state index contributed by atoms with van der Waals surface area (Å²) in [6.07, 6.45) is 0. The van der Waals surface area contributed by atoms with Crippen LogP contribution in [0.5, 0.6) is 0 Å². The molecule has 0 radical (unpaired) electrons. The first kappa shape index (κ1) is 17.9. The van der Waals surface area contributed by atoms with Gasteiger partial charge in [-0.3, -0.25) is 14.9 Å². The van der Waals surface area contributed by atoms with E-state index in [1.807, 2.05) is 13.0 Å². The number of nitrogens with one attached hydrogen (secondary N) is 1. The zero-order valence-corrected chi connectivity index (χ0v) is 14.6. The Morgan fingerprint density at radius 2 is 2.08 bits per heavy atom. The smallest absolute Gasteiger partial charge is 0.283 e. The minimum atomic E-state index is -0.454. The number of nitro benzene ring substituents is 1. The molecule has 0 saturated heterocycles. The SMILES string of the molecule is Cc1cccc(NC(=O)c2ccc(SCC(C)C)c([N+](=O)[O-])c2)n1. The number of aryl methyl sites for hydroxylation is 1. The second-order valence-corrected chi connectivity index (χ2v) is 6.82. The number of nitro groups is 1. The lowest BCUT2D eigenvalue weighted by molar-refractivity contribution is -0.387. The molecule has 0 atom stereocenters. The van der Waals surface area contributed by atoms with Crippen LogP contribution >= 0.6 is 11.8 Å². The Morgan fingerprint density at radius 3 is 2.71 bits per heavy atom. The number of aromatic nitrogens is 1. The highest BCUT2D eigenvalue weighted by Gasteiger charge is 2.18. The molecular formula is C17H19N3O3S. The predicted octanol–water partition coefficient (Wildman–Crippen LogP) is 4.30. The topological polar surface area (TPSA) is 85.1 Å². The molecule has 2 rings (SSSR count). The molecule has 0 fully saturated rings. The van der Waals surface area contributed by atoms with E-state index in [0.717, 1.165) is 11.4 Å². The molecule has 7 heteroatoms. The molecule has 1 heterocycles. The van der Waals surface area contributed by atoms with E-state index < -0.39 is 10.8 Å². The second-order valence-electron chi connectivity index (χ2n) is 5.76. The molecule has 0 aliphatic rings. The maximum absolute atomic E-state index is 12.3. The standard InChI is InChI=1S/C17H19N3O3S/c1-11(2)10-24-15-8-7-13(9-14(15)20(22)23)17(21)19-16-6-4-5-12(3)18-16/h4-9,11H,10H2,1-3H3,(H,18,19,21). The van der Waals surface area contributed by atoms with Crippen LogP contribution in [0.1, 0.15) is 29.9 Å². The molecule has 1 amide bonds. The Morgan fingerprint density at radius 1 is 1.33 bits per heavy atom. The molecule has 0 aliphatic heterocycles. The van der Waals surface area contributed by atoms with Crippen LogP contribution in [-0.4, -0.2) is 21.6 Å². The first-order valence-electron chi connectivity index (χ1n) is 7.53. The van der Waals surface area contributed by atoms with Gasteiger partial charge in [0.05, 0.1) is 9.82 Å². The summed E-state index contributed by atoms with van der Waals surface area (Å²) in [6.45, 7) is 5.92. The highest BCUT2D eigenvalue weighted by molar-refractivity contribution is 7.99. The molecule has 126 valence electrons. The van der Waals surface area contributed by atoms with Crippen LogP contribution in [0.15, 0.2) is 41.3 Å². The van der Waals surface area contributed by atoms with Crippen molar-refractivity contribution in [1.29, 1.82) is 0 Å². The van der Waals surface area contributed by atoms with E-state index >= 15 is 0 Å². The lowest BCUT2D eigenvalue weighted by Crippen LogP contribution is -2.13. The van der Waals surface area contributed by atoms with Gasteiger partial charge in [0.2, 0.25) is 0 Å². The number of benzene rings is 1. The quantitative estimate of drug-likeness (QED) is 0.479. The molecule has 2 aromatic rings. The van der Waals surface area contributed by atoms with E-state index in [1.54, 1.807) is 24.3 Å². The molecular weight excluding hydrogens is 326 g/mol. The van der Waals surface area contributed by atoms with Crippen LogP contribution in [-0.2, 0) is 0 Å². The minimum absolute atomic E-state index is 0.0505. The summed E-state index contributed by atoms with van der Waals surface area (Å²) in [6, 6.07) is 9.82. The third-order valence-electron chi connectivity index (χ3n) is 3.12. The van der Waals surface area contributed by atoms with Crippen molar-refractivity contribution in [2.75, 3.05) is 11.1 Å². The Labute approximate surface area is 144 Å². The number of nitrogens with zero attached hydrogens (tertiary/aromatic N) is 2. The molecule has 0 saturated carbocycles. The van der Waals surface area contributed by atoms with E-state index in [4.69, 9.17) is 0 Å². The third-order valence-corrected chi connectivity index (χ3v) is 4.61. The van der Waals surface area contributed by atoms with Crippen molar-refractivity contribution >= 4 is 29.2 Å². The van der Waals surface area contributed by atoms with Crippen LogP contribution in [0.3, 0.4) is 0 Å². The molecule has 0 spiro atoms. The van der Waals surface area contributed by atoms with E-state index in [0.29, 0.717) is 16.6 Å². The molecule has 1 aromatic carbocycles. The van der Waals surface area contributed by atoms with E-state index in [2.05, 4.69) is 24.1 Å². The van der Waals surface area contributed by atoms with Crippen LogP contribution in [0.4, 0.5) is 11.5 Å². The number of carbonyl (C=O) groups excluding carboxylic acids is 1. The summed E-state index contributed by atoms with van der Waals surface area (Å²) in [7, 11) is 0. The van der Waals surface area contributed by atoms with Gasteiger partial charge >= 0.3 is 0 Å². The van der Waals surface area contributed by atoms with Gasteiger partial charge in [-0.15, -0.1) is 11.8 Å². The van der Waals surface area contributed by atoms with Gasteiger partial charge in [-0.05, 0) is 37.1 Å². The van der Waals surface area contributed by atoms with Crippen molar-refractivity contribution in [2.24, 2.45) is 5.92 Å². The number of hydrogen-bond acceptors (Lipinski definition) is 5. The van der Waals surface area contributed by atoms with E-state index in [-0.39, 0.29) is 11.3 Å². The Balaban J connectivity index is 2.22. The zero-order chi connectivity index (χ0) is 17.7. The van der Waals surface area contributed by atoms with Gasteiger partial charge in [0.1, 0.15) is 5.82 Å². The number of amides is 1.